The minimum atomic E-state index is -1.22. The predicted octanol–water partition coefficient (Wildman–Crippen LogP) is 3.75. The molecule has 0 unspecified atom stereocenters. The van der Waals surface area contributed by atoms with Crippen LogP contribution in [0.3, 0.4) is 0 Å². The molecule has 0 aromatic heterocycles. The summed E-state index contributed by atoms with van der Waals surface area (Å²) in [5, 5.41) is 9.71. The Balaban J connectivity index is 1.83. The number of hydrogen-bond donors (Lipinski definition) is 2. The molecule has 0 aliphatic heterocycles. The molecule has 164 valence electrons. The van der Waals surface area contributed by atoms with Crippen LogP contribution in [-0.2, 0) is 14.3 Å². The van der Waals surface area contributed by atoms with Crippen LogP contribution in [0.25, 0.3) is 11.1 Å². The maximum absolute atomic E-state index is 13.1. The van der Waals surface area contributed by atoms with Crippen molar-refractivity contribution in [1.82, 2.24) is 4.90 Å². The highest BCUT2D eigenvalue weighted by Gasteiger charge is 2.39. The maximum atomic E-state index is 13.1. The second-order valence-electron chi connectivity index (χ2n) is 8.70. The molecule has 7 nitrogen and oxygen atoms in total. The fourth-order valence-corrected chi connectivity index (χ4v) is 4.17. The fourth-order valence-electron chi connectivity index (χ4n) is 4.17. The molecule has 0 saturated heterocycles. The first-order chi connectivity index (χ1) is 14.6. The number of fused-ring (bicyclic) bond motifs is 3. The van der Waals surface area contributed by atoms with Gasteiger partial charge < -0.3 is 15.6 Å². The van der Waals surface area contributed by atoms with Gasteiger partial charge in [-0.15, -0.1) is 0 Å². The summed E-state index contributed by atoms with van der Waals surface area (Å²) in [6.07, 6.45) is -0.946. The SMILES string of the molecule is CC(C)(C)N(C(=O)OCC1c2ccccc2-c2ccccc21)[C@@H](CCC(N)=O)C(=O)O. The maximum Gasteiger partial charge on any atom is 0.410 e. The Morgan fingerprint density at radius 2 is 1.55 bits per heavy atom. The molecular formula is C24H28N2O5. The number of primary amides is 1. The summed E-state index contributed by atoms with van der Waals surface area (Å²) < 4.78 is 5.67. The average molecular weight is 424 g/mol. The van der Waals surface area contributed by atoms with Crippen molar-refractivity contribution in [3.05, 3.63) is 59.7 Å². The van der Waals surface area contributed by atoms with Gasteiger partial charge in [0.2, 0.25) is 5.91 Å². The summed E-state index contributed by atoms with van der Waals surface area (Å²) in [4.78, 5) is 37.4. The van der Waals surface area contributed by atoms with Gasteiger partial charge in [0.15, 0.2) is 0 Å². The number of nitrogens with zero attached hydrogens (tertiary/aromatic N) is 1. The number of hydrogen-bond acceptors (Lipinski definition) is 4. The Labute approximate surface area is 181 Å². The highest BCUT2D eigenvalue weighted by molar-refractivity contribution is 5.82. The lowest BCUT2D eigenvalue weighted by Gasteiger charge is -2.39. The normalized spacial score (nSPS) is 13.8. The minimum Gasteiger partial charge on any atom is -0.480 e. The quantitative estimate of drug-likeness (QED) is 0.703. The number of amides is 2. The van der Waals surface area contributed by atoms with E-state index in [2.05, 4.69) is 0 Å². The number of carboxylic acids is 1. The van der Waals surface area contributed by atoms with E-state index < -0.39 is 29.6 Å². The van der Waals surface area contributed by atoms with Gasteiger partial charge in [-0.05, 0) is 49.4 Å². The number of carbonyl (C=O) groups is 3. The average Bonchev–Trinajstić information content (AvgIpc) is 3.02. The Bertz CT molecular complexity index is 950. The van der Waals surface area contributed by atoms with Crippen LogP contribution in [0.4, 0.5) is 4.79 Å². The van der Waals surface area contributed by atoms with Gasteiger partial charge in [-0.25, -0.2) is 9.59 Å². The third-order valence-corrected chi connectivity index (χ3v) is 5.52. The minimum absolute atomic E-state index is 0.0772. The molecule has 2 aromatic carbocycles. The van der Waals surface area contributed by atoms with Crippen molar-refractivity contribution < 1.29 is 24.2 Å². The van der Waals surface area contributed by atoms with Gasteiger partial charge in [0.25, 0.3) is 0 Å². The number of benzene rings is 2. The molecular weight excluding hydrogens is 396 g/mol. The molecule has 1 aliphatic carbocycles. The van der Waals surface area contributed by atoms with E-state index in [4.69, 9.17) is 10.5 Å². The van der Waals surface area contributed by atoms with E-state index in [1.165, 1.54) is 4.90 Å². The molecule has 2 aromatic rings. The third-order valence-electron chi connectivity index (χ3n) is 5.52. The summed E-state index contributed by atoms with van der Waals surface area (Å²) in [7, 11) is 0. The van der Waals surface area contributed by atoms with Crippen molar-refractivity contribution >= 4 is 18.0 Å². The first-order valence-corrected chi connectivity index (χ1v) is 10.3. The van der Waals surface area contributed by atoms with Gasteiger partial charge in [0, 0.05) is 17.9 Å². The van der Waals surface area contributed by atoms with E-state index in [9.17, 15) is 19.5 Å². The molecule has 0 heterocycles. The number of carboxylic acid groups (broad SMARTS) is 1. The summed E-state index contributed by atoms with van der Waals surface area (Å²) in [6, 6.07) is 14.7. The molecule has 0 radical (unpaired) electrons. The second kappa shape index (κ2) is 8.79. The van der Waals surface area contributed by atoms with Crippen LogP contribution in [-0.4, -0.2) is 46.2 Å². The van der Waals surface area contributed by atoms with Gasteiger partial charge in [0.05, 0.1) is 0 Å². The van der Waals surface area contributed by atoms with E-state index in [-0.39, 0.29) is 25.4 Å². The van der Waals surface area contributed by atoms with Crippen LogP contribution in [0, 0.1) is 0 Å². The van der Waals surface area contributed by atoms with Crippen molar-refractivity contribution in [3.8, 4) is 11.1 Å². The van der Waals surface area contributed by atoms with Crippen LogP contribution >= 0.6 is 0 Å². The lowest BCUT2D eigenvalue weighted by atomic mass is 9.98. The van der Waals surface area contributed by atoms with Gasteiger partial charge >= 0.3 is 12.1 Å². The lowest BCUT2D eigenvalue weighted by molar-refractivity contribution is -0.145. The zero-order valence-electron chi connectivity index (χ0n) is 18.0. The fraction of sp³-hybridized carbons (Fsp3) is 0.375. The zero-order chi connectivity index (χ0) is 22.8. The molecule has 0 fully saturated rings. The van der Waals surface area contributed by atoms with Crippen LogP contribution < -0.4 is 5.73 Å². The van der Waals surface area contributed by atoms with E-state index in [0.717, 1.165) is 22.3 Å². The number of aliphatic carboxylic acids is 1. The van der Waals surface area contributed by atoms with Crippen LogP contribution in [0.2, 0.25) is 0 Å². The van der Waals surface area contributed by atoms with Crippen molar-refractivity contribution in [2.75, 3.05) is 6.61 Å². The molecule has 7 heteroatoms. The Hall–Kier alpha value is -3.35. The molecule has 0 bridgehead atoms. The van der Waals surface area contributed by atoms with Gasteiger partial charge in [0.1, 0.15) is 12.6 Å². The predicted molar refractivity (Wildman–Crippen MR) is 117 cm³/mol. The number of rotatable bonds is 7. The standard InChI is InChI=1S/C24H28N2O5/c1-24(2,3)26(20(22(28)29)12-13-21(25)27)23(30)31-14-19-17-10-6-4-8-15(17)16-9-5-7-11-18(16)19/h4-11,19-20H,12-14H2,1-3H3,(H2,25,27)(H,28,29)/t20-/m0/s1. The summed E-state index contributed by atoms with van der Waals surface area (Å²) in [5.74, 6) is -1.95. The topological polar surface area (TPSA) is 110 Å². The van der Waals surface area contributed by atoms with Crippen LogP contribution in [0.15, 0.2) is 48.5 Å². The summed E-state index contributed by atoms with van der Waals surface area (Å²) in [5.41, 5.74) is 8.72. The van der Waals surface area contributed by atoms with Gasteiger partial charge in [-0.3, -0.25) is 9.69 Å². The highest BCUT2D eigenvalue weighted by atomic mass is 16.6. The first kappa shape index (κ1) is 22.3. The van der Waals surface area contributed by atoms with Crippen molar-refractivity contribution in [2.24, 2.45) is 5.73 Å². The Kier molecular flexibility index (Phi) is 6.34. The molecule has 1 atom stereocenters. The van der Waals surface area contributed by atoms with E-state index in [1.807, 2.05) is 48.5 Å². The van der Waals surface area contributed by atoms with Crippen LogP contribution in [0.5, 0.6) is 0 Å². The largest absolute Gasteiger partial charge is 0.480 e. The Morgan fingerprint density at radius 3 is 2.00 bits per heavy atom. The molecule has 31 heavy (non-hydrogen) atoms. The molecule has 3 N–H and O–H groups in total. The highest BCUT2D eigenvalue weighted by Crippen LogP contribution is 2.44. The van der Waals surface area contributed by atoms with E-state index in [0.29, 0.717) is 0 Å². The van der Waals surface area contributed by atoms with Gasteiger partial charge in [-0.2, -0.15) is 0 Å². The van der Waals surface area contributed by atoms with Crippen LogP contribution in [0.1, 0.15) is 50.7 Å². The number of nitrogens with two attached hydrogens (primary N) is 1. The molecule has 3 rings (SSSR count). The Morgan fingerprint density at radius 1 is 1.03 bits per heavy atom. The van der Waals surface area contributed by atoms with E-state index >= 15 is 0 Å². The summed E-state index contributed by atoms with van der Waals surface area (Å²) >= 11 is 0. The first-order valence-electron chi connectivity index (χ1n) is 10.3. The second-order valence-corrected chi connectivity index (χ2v) is 8.70. The molecule has 0 saturated carbocycles. The number of ether oxygens (including phenoxy) is 1. The third kappa shape index (κ3) is 4.71. The zero-order valence-corrected chi connectivity index (χ0v) is 18.0. The van der Waals surface area contributed by atoms with Crippen molar-refractivity contribution in [2.45, 2.75) is 51.1 Å². The van der Waals surface area contributed by atoms with Crippen molar-refractivity contribution in [1.29, 1.82) is 0 Å². The molecule has 2 amide bonds. The molecule has 1 aliphatic rings. The summed E-state index contributed by atoms with van der Waals surface area (Å²) in [6.45, 7) is 5.28. The monoisotopic (exact) mass is 424 g/mol. The molecule has 0 spiro atoms. The number of carbonyl (C=O) groups excluding carboxylic acids is 2. The lowest BCUT2D eigenvalue weighted by Crippen LogP contribution is -2.55. The van der Waals surface area contributed by atoms with E-state index in [1.54, 1.807) is 20.8 Å². The smallest absolute Gasteiger partial charge is 0.410 e. The van der Waals surface area contributed by atoms with Gasteiger partial charge in [-0.1, -0.05) is 48.5 Å². The van der Waals surface area contributed by atoms with Crippen molar-refractivity contribution in [3.63, 3.8) is 0 Å².